The maximum absolute atomic E-state index is 12.5. The number of rotatable bonds is 9. The van der Waals surface area contributed by atoms with Gasteiger partial charge >= 0.3 is 19.2 Å². The third-order valence-electron chi connectivity index (χ3n) is 6.32. The van der Waals surface area contributed by atoms with Crippen molar-refractivity contribution in [2.24, 2.45) is 5.11 Å². The topological polar surface area (TPSA) is 253 Å². The first-order valence-corrected chi connectivity index (χ1v) is 13.2. The Labute approximate surface area is 218 Å². The summed E-state index contributed by atoms with van der Waals surface area (Å²) < 4.78 is 36.0. The highest BCUT2D eigenvalue weighted by Gasteiger charge is 2.40. The first-order chi connectivity index (χ1) is 18.4. The van der Waals surface area contributed by atoms with Gasteiger partial charge in [0.25, 0.3) is 11.1 Å². The number of azide groups is 1. The molecular formula is C20H26N7O11P. The Balaban J connectivity index is 1.36. The lowest BCUT2D eigenvalue weighted by atomic mass is 10.1. The van der Waals surface area contributed by atoms with Gasteiger partial charge in [0.05, 0.1) is 31.5 Å². The van der Waals surface area contributed by atoms with E-state index in [4.69, 9.17) is 24.1 Å². The molecule has 2 fully saturated rings. The number of ether oxygens (including phenoxy) is 2. The first-order valence-electron chi connectivity index (χ1n) is 11.7. The zero-order valence-electron chi connectivity index (χ0n) is 20.7. The van der Waals surface area contributed by atoms with Gasteiger partial charge in [0.2, 0.25) is 0 Å². The number of aromatic amines is 2. The average Bonchev–Trinajstić information content (AvgIpc) is 3.44. The molecule has 2 aliphatic rings. The molecule has 19 heteroatoms. The number of nitrogens with one attached hydrogen (secondary N) is 2. The first kappa shape index (κ1) is 28.7. The second kappa shape index (κ2) is 11.4. The van der Waals surface area contributed by atoms with E-state index in [1.165, 1.54) is 26.2 Å². The Hall–Kier alpha value is -3.34. The lowest BCUT2D eigenvalue weighted by molar-refractivity contribution is -0.0520. The molecule has 0 bridgehead atoms. The van der Waals surface area contributed by atoms with Crippen molar-refractivity contribution in [3.63, 3.8) is 0 Å². The van der Waals surface area contributed by atoms with Gasteiger partial charge in [-0.2, -0.15) is 0 Å². The van der Waals surface area contributed by atoms with Crippen LogP contribution in [-0.2, 0) is 23.1 Å². The van der Waals surface area contributed by atoms with E-state index in [2.05, 4.69) is 20.0 Å². The standard InChI is InChI=1S/C20H26N7O11P/c1-9-5-26(19(31)22-17(9)29)15-3-11(24-25-21)13(37-15)7-35-39(33,34)36-8-14-12(28)4-16(38-14)27-6-10(2)18(30)23-20(27)32/h5-6,11-16,28H,3-4,7-8H2,1-2H3,(H,33,34)(H,22,29,31)(H,23,30,32)/t11-,12-,13+,14+,15+,16+/m0/s1. The predicted octanol–water partition coefficient (Wildman–Crippen LogP) is -0.548. The Morgan fingerprint density at radius 2 is 1.49 bits per heavy atom. The minimum Gasteiger partial charge on any atom is -0.390 e. The number of hydrogen-bond acceptors (Lipinski definition) is 11. The fraction of sp³-hybridized carbons (Fsp3) is 0.600. The molecule has 212 valence electrons. The third-order valence-corrected chi connectivity index (χ3v) is 7.28. The SMILES string of the molecule is Cc1cn([C@H]2C[C@H](N=[N+]=[N-])[C@@H](COP(=O)(O)OC[C@H]3O[C@@H](n4cc(C)c(=O)[nH]c4=O)C[C@@H]3O)O2)c(=O)[nH]c1=O. The van der Waals surface area contributed by atoms with E-state index in [0.717, 1.165) is 9.13 Å². The van der Waals surface area contributed by atoms with Crippen LogP contribution in [0.25, 0.3) is 10.4 Å². The van der Waals surface area contributed by atoms with Crippen molar-refractivity contribution in [1.29, 1.82) is 0 Å². The number of phosphoric acid groups is 1. The maximum atomic E-state index is 12.5. The Kier molecular flexibility index (Phi) is 8.39. The summed E-state index contributed by atoms with van der Waals surface area (Å²) in [6.07, 6.45) is -2.68. The predicted molar refractivity (Wildman–Crippen MR) is 130 cm³/mol. The number of aliphatic hydroxyl groups is 1. The summed E-state index contributed by atoms with van der Waals surface area (Å²) in [5, 5.41) is 13.9. The lowest BCUT2D eigenvalue weighted by Gasteiger charge is -2.20. The van der Waals surface area contributed by atoms with Gasteiger partial charge in [0.1, 0.15) is 18.6 Å². The van der Waals surface area contributed by atoms with Crippen LogP contribution in [0.1, 0.15) is 36.4 Å². The summed E-state index contributed by atoms with van der Waals surface area (Å²) in [5.41, 5.74) is 6.75. The molecule has 0 amide bonds. The van der Waals surface area contributed by atoms with Crippen LogP contribution in [0.2, 0.25) is 0 Å². The number of aromatic nitrogens is 4. The third kappa shape index (κ3) is 6.46. The Morgan fingerprint density at radius 3 is 2.03 bits per heavy atom. The highest BCUT2D eigenvalue weighted by molar-refractivity contribution is 7.47. The molecule has 0 saturated carbocycles. The lowest BCUT2D eigenvalue weighted by Crippen LogP contribution is -2.33. The van der Waals surface area contributed by atoms with E-state index < -0.39 is 80.3 Å². The maximum Gasteiger partial charge on any atom is 0.472 e. The number of hydrogen-bond donors (Lipinski definition) is 4. The summed E-state index contributed by atoms with van der Waals surface area (Å²) in [6.45, 7) is 1.83. The molecule has 0 radical (unpaired) electrons. The van der Waals surface area contributed by atoms with Crippen molar-refractivity contribution < 1.29 is 33.1 Å². The zero-order chi connectivity index (χ0) is 28.5. The van der Waals surface area contributed by atoms with Gasteiger partial charge in [0, 0.05) is 41.3 Å². The number of aryl methyl sites for hydroxylation is 2. The number of nitrogens with zero attached hydrogens (tertiary/aromatic N) is 5. The number of H-pyrrole nitrogens is 2. The normalized spacial score (nSPS) is 28.2. The van der Waals surface area contributed by atoms with Gasteiger partial charge in [-0.3, -0.25) is 37.7 Å². The fourth-order valence-corrected chi connectivity index (χ4v) is 4.98. The molecular weight excluding hydrogens is 545 g/mol. The molecule has 18 nitrogen and oxygen atoms in total. The summed E-state index contributed by atoms with van der Waals surface area (Å²) in [6, 6.07) is -0.876. The van der Waals surface area contributed by atoms with E-state index >= 15 is 0 Å². The van der Waals surface area contributed by atoms with Crippen LogP contribution < -0.4 is 22.5 Å². The van der Waals surface area contributed by atoms with Crippen LogP contribution in [0.5, 0.6) is 0 Å². The summed E-state index contributed by atoms with van der Waals surface area (Å²) in [7, 11) is -4.74. The molecule has 4 rings (SSSR count). The Bertz CT molecular complexity index is 1560. The quantitative estimate of drug-likeness (QED) is 0.129. The summed E-state index contributed by atoms with van der Waals surface area (Å²) in [4.78, 5) is 64.6. The van der Waals surface area contributed by atoms with Crippen LogP contribution in [-0.4, -0.2) is 66.7 Å². The molecule has 7 atom stereocenters. The molecule has 4 heterocycles. The number of phosphoric ester groups is 1. The van der Waals surface area contributed by atoms with E-state index in [-0.39, 0.29) is 24.0 Å². The highest BCUT2D eigenvalue weighted by Crippen LogP contribution is 2.45. The second-order valence-electron chi connectivity index (χ2n) is 9.09. The molecule has 2 aromatic rings. The van der Waals surface area contributed by atoms with Crippen LogP contribution in [0.15, 0.2) is 36.7 Å². The molecule has 1 unspecified atom stereocenters. The molecule has 2 aromatic heterocycles. The van der Waals surface area contributed by atoms with Gasteiger partial charge in [-0.15, -0.1) is 0 Å². The second-order valence-corrected chi connectivity index (χ2v) is 10.5. The molecule has 2 saturated heterocycles. The van der Waals surface area contributed by atoms with Crippen molar-refractivity contribution >= 4 is 7.82 Å². The van der Waals surface area contributed by atoms with E-state index in [9.17, 15) is 33.7 Å². The van der Waals surface area contributed by atoms with Crippen LogP contribution in [0.3, 0.4) is 0 Å². The molecule has 0 aromatic carbocycles. The molecule has 4 N–H and O–H groups in total. The van der Waals surface area contributed by atoms with Crippen LogP contribution in [0.4, 0.5) is 0 Å². The average molecular weight is 571 g/mol. The van der Waals surface area contributed by atoms with Crippen LogP contribution in [0, 0.1) is 13.8 Å². The largest absolute Gasteiger partial charge is 0.472 e. The van der Waals surface area contributed by atoms with Crippen molar-refractivity contribution in [3.8, 4) is 0 Å². The minimum absolute atomic E-state index is 0.0210. The highest BCUT2D eigenvalue weighted by atomic mass is 31.2. The van der Waals surface area contributed by atoms with Crippen molar-refractivity contribution in [3.05, 3.63) is 75.6 Å². The summed E-state index contributed by atoms with van der Waals surface area (Å²) in [5.74, 6) is 0. The van der Waals surface area contributed by atoms with E-state index in [0.29, 0.717) is 0 Å². The number of aliphatic hydroxyl groups excluding tert-OH is 1. The molecule has 2 aliphatic heterocycles. The fourth-order valence-electron chi connectivity index (χ4n) is 4.23. The van der Waals surface area contributed by atoms with Crippen molar-refractivity contribution in [2.75, 3.05) is 13.2 Å². The molecule has 0 aliphatic carbocycles. The van der Waals surface area contributed by atoms with Crippen LogP contribution >= 0.6 is 7.82 Å². The van der Waals surface area contributed by atoms with E-state index in [1.807, 2.05) is 0 Å². The van der Waals surface area contributed by atoms with Gasteiger partial charge in [-0.05, 0) is 19.4 Å². The molecule has 39 heavy (non-hydrogen) atoms. The monoisotopic (exact) mass is 571 g/mol. The van der Waals surface area contributed by atoms with Gasteiger partial charge in [-0.25, -0.2) is 14.2 Å². The van der Waals surface area contributed by atoms with E-state index in [1.54, 1.807) is 0 Å². The van der Waals surface area contributed by atoms with Gasteiger partial charge in [-0.1, -0.05) is 5.11 Å². The van der Waals surface area contributed by atoms with Gasteiger partial charge in [0.15, 0.2) is 0 Å². The van der Waals surface area contributed by atoms with Crippen molar-refractivity contribution in [1.82, 2.24) is 19.1 Å². The van der Waals surface area contributed by atoms with Gasteiger partial charge < -0.3 is 19.5 Å². The minimum atomic E-state index is -4.74. The Morgan fingerprint density at radius 1 is 1.00 bits per heavy atom. The molecule has 0 spiro atoms. The smallest absolute Gasteiger partial charge is 0.390 e. The zero-order valence-corrected chi connectivity index (χ0v) is 21.6. The van der Waals surface area contributed by atoms with Crippen molar-refractivity contribution in [2.45, 2.75) is 63.5 Å². The summed E-state index contributed by atoms with van der Waals surface area (Å²) >= 11 is 0.